The van der Waals surface area contributed by atoms with E-state index in [4.69, 9.17) is 4.98 Å². The normalized spacial score (nSPS) is 20.1. The first kappa shape index (κ1) is 22.5. The average molecular weight is 473 g/mol. The lowest BCUT2D eigenvalue weighted by Crippen LogP contribution is -2.44. The van der Waals surface area contributed by atoms with Gasteiger partial charge in [0.2, 0.25) is 0 Å². The summed E-state index contributed by atoms with van der Waals surface area (Å²) in [5, 5.41) is 2.88. The van der Waals surface area contributed by atoms with Gasteiger partial charge in [0.05, 0.1) is 11.6 Å². The Bertz CT molecular complexity index is 1130. The number of amides is 2. The van der Waals surface area contributed by atoms with Crippen molar-refractivity contribution in [3.8, 4) is 0 Å². The third kappa shape index (κ3) is 4.28. The number of anilines is 4. The molecule has 0 radical (unpaired) electrons. The van der Waals surface area contributed by atoms with Crippen LogP contribution in [0, 0.1) is 19.8 Å². The van der Waals surface area contributed by atoms with Crippen molar-refractivity contribution in [3.63, 3.8) is 0 Å². The van der Waals surface area contributed by atoms with Gasteiger partial charge in [-0.3, -0.25) is 5.32 Å². The summed E-state index contributed by atoms with van der Waals surface area (Å²) in [6.07, 6.45) is -0.118. The van der Waals surface area contributed by atoms with Gasteiger partial charge in [0.25, 0.3) is 0 Å². The molecule has 1 N–H and O–H groups in total. The maximum absolute atomic E-state index is 13.4. The van der Waals surface area contributed by atoms with E-state index >= 15 is 0 Å². The molecular weight excluding hydrogens is 445 g/mol. The zero-order chi connectivity index (χ0) is 24.0. The molecule has 2 aromatic heterocycles. The molecule has 0 aromatic carbocycles. The van der Waals surface area contributed by atoms with Gasteiger partial charge in [-0.05, 0) is 69.4 Å². The van der Waals surface area contributed by atoms with E-state index in [1.54, 1.807) is 21.9 Å². The van der Waals surface area contributed by atoms with Crippen molar-refractivity contribution in [2.24, 2.45) is 5.92 Å². The molecule has 3 aliphatic heterocycles. The Kier molecular flexibility index (Phi) is 5.61. The van der Waals surface area contributed by atoms with Crippen LogP contribution in [0.15, 0.2) is 36.2 Å². The van der Waals surface area contributed by atoms with Crippen LogP contribution >= 0.6 is 0 Å². The van der Waals surface area contributed by atoms with Gasteiger partial charge in [0.15, 0.2) is 5.82 Å². The number of allylic oxidation sites excluding steroid dienone is 1. The molecule has 5 rings (SSSR count). The highest BCUT2D eigenvalue weighted by atomic mass is 19.4. The number of rotatable bonds is 2. The minimum atomic E-state index is -4.23. The van der Waals surface area contributed by atoms with Crippen LogP contribution in [0.25, 0.3) is 0 Å². The summed E-state index contributed by atoms with van der Waals surface area (Å²) in [4.78, 5) is 27.8. The van der Waals surface area contributed by atoms with Crippen LogP contribution in [0.4, 0.5) is 41.1 Å². The highest BCUT2D eigenvalue weighted by Gasteiger charge is 2.42. The monoisotopic (exact) mass is 472 g/mol. The number of piperidine rings is 1. The maximum Gasteiger partial charge on any atom is 0.393 e. The van der Waals surface area contributed by atoms with Crippen molar-refractivity contribution in [2.75, 3.05) is 39.7 Å². The molecule has 1 atom stereocenters. The summed E-state index contributed by atoms with van der Waals surface area (Å²) in [6.45, 7) is 4.97. The van der Waals surface area contributed by atoms with E-state index in [2.05, 4.69) is 15.2 Å². The number of fused-ring (bicyclic) bond motifs is 3. The molecule has 0 aliphatic carbocycles. The second-order valence-electron chi connectivity index (χ2n) is 9.19. The summed E-state index contributed by atoms with van der Waals surface area (Å²) in [5.41, 5.74) is 3.34. The first-order chi connectivity index (χ1) is 16.2. The molecule has 0 spiro atoms. The summed E-state index contributed by atoms with van der Waals surface area (Å²) in [6, 6.07) is 6.94. The summed E-state index contributed by atoms with van der Waals surface area (Å²) in [5.74, 6) is -0.0365. The number of carbonyl (C=O) groups is 1. The van der Waals surface area contributed by atoms with Gasteiger partial charge < -0.3 is 9.80 Å². The van der Waals surface area contributed by atoms with Gasteiger partial charge in [0.1, 0.15) is 11.6 Å². The van der Waals surface area contributed by atoms with E-state index < -0.39 is 12.1 Å². The summed E-state index contributed by atoms with van der Waals surface area (Å²) >= 11 is 0. The lowest BCUT2D eigenvalue weighted by molar-refractivity contribution is -0.176. The lowest BCUT2D eigenvalue weighted by atomic mass is 9.97. The number of aromatic nitrogens is 2. The quantitative estimate of drug-likeness (QED) is 0.637. The number of urea groups is 1. The number of pyridine rings is 2. The van der Waals surface area contributed by atoms with E-state index in [0.717, 1.165) is 35.6 Å². The van der Waals surface area contributed by atoms with Crippen molar-refractivity contribution in [2.45, 2.75) is 45.7 Å². The standard InChI is InChI=1S/C24H27F3N6O/c1-15-11-16(2)28-20(12-15)29-23(34)33-18-6-4-9-31(14-18)19-7-8-21(30-22(19)33)32-10-3-5-17(13-32)24(25,26)27/h7-8,11-12,14,17H,3-6,9-10,13H2,1-2H3,(H,28,29,34). The largest absolute Gasteiger partial charge is 0.393 e. The zero-order valence-electron chi connectivity index (χ0n) is 19.2. The zero-order valence-corrected chi connectivity index (χ0v) is 19.2. The van der Waals surface area contributed by atoms with E-state index in [1.807, 2.05) is 32.2 Å². The predicted octanol–water partition coefficient (Wildman–Crippen LogP) is 5.37. The fourth-order valence-corrected chi connectivity index (χ4v) is 4.98. The van der Waals surface area contributed by atoms with Crippen LogP contribution in [0.5, 0.6) is 0 Å². The Labute approximate surface area is 196 Å². The van der Waals surface area contributed by atoms with Crippen LogP contribution in [-0.2, 0) is 0 Å². The molecule has 5 heterocycles. The SMILES string of the molecule is Cc1cc(C)nc(NC(=O)N2C3=CN(CCC3)c3ccc(N4CCCC(C(F)(F)F)C4)nc32)c1. The van der Waals surface area contributed by atoms with E-state index in [-0.39, 0.29) is 19.0 Å². The predicted molar refractivity (Wildman–Crippen MR) is 125 cm³/mol. The van der Waals surface area contributed by atoms with Crippen molar-refractivity contribution < 1.29 is 18.0 Å². The molecular formula is C24H27F3N6O. The van der Waals surface area contributed by atoms with Gasteiger partial charge in [-0.25, -0.2) is 19.7 Å². The minimum Gasteiger partial charge on any atom is -0.356 e. The number of hydrogen-bond acceptors (Lipinski definition) is 5. The number of halogens is 3. The lowest BCUT2D eigenvalue weighted by Gasteiger charge is -2.40. The van der Waals surface area contributed by atoms with Crippen molar-refractivity contribution in [3.05, 3.63) is 47.4 Å². The first-order valence-electron chi connectivity index (χ1n) is 11.6. The van der Waals surface area contributed by atoms with Gasteiger partial charge >= 0.3 is 12.2 Å². The Hall–Kier alpha value is -3.30. The highest BCUT2D eigenvalue weighted by molar-refractivity contribution is 6.06. The number of aryl methyl sites for hydroxylation is 2. The number of nitrogens with one attached hydrogen (secondary N) is 1. The molecule has 7 nitrogen and oxygen atoms in total. The van der Waals surface area contributed by atoms with Crippen molar-refractivity contribution in [1.82, 2.24) is 9.97 Å². The number of carbonyl (C=O) groups excluding carboxylic acids is 1. The topological polar surface area (TPSA) is 64.6 Å². The molecule has 1 unspecified atom stereocenters. The summed E-state index contributed by atoms with van der Waals surface area (Å²) in [7, 11) is 0. The number of alkyl halides is 3. The Morgan fingerprint density at radius 3 is 2.71 bits per heavy atom. The van der Waals surface area contributed by atoms with Crippen LogP contribution in [0.1, 0.15) is 36.9 Å². The van der Waals surface area contributed by atoms with Crippen LogP contribution in [0.2, 0.25) is 0 Å². The van der Waals surface area contributed by atoms with E-state index in [0.29, 0.717) is 36.8 Å². The van der Waals surface area contributed by atoms with Gasteiger partial charge in [0, 0.05) is 37.2 Å². The van der Waals surface area contributed by atoms with Crippen LogP contribution < -0.4 is 20.0 Å². The Morgan fingerprint density at radius 2 is 1.94 bits per heavy atom. The van der Waals surface area contributed by atoms with Gasteiger partial charge in [-0.1, -0.05) is 0 Å². The van der Waals surface area contributed by atoms with Crippen LogP contribution in [-0.4, -0.2) is 41.8 Å². The highest BCUT2D eigenvalue weighted by Crippen LogP contribution is 2.41. The second kappa shape index (κ2) is 8.48. The van der Waals surface area contributed by atoms with Crippen LogP contribution in [0.3, 0.4) is 0 Å². The molecule has 34 heavy (non-hydrogen) atoms. The van der Waals surface area contributed by atoms with Crippen molar-refractivity contribution in [1.29, 1.82) is 0 Å². The fraction of sp³-hybridized carbons (Fsp3) is 0.458. The molecule has 1 fully saturated rings. The molecule has 1 saturated heterocycles. The van der Waals surface area contributed by atoms with Gasteiger partial charge in [-0.15, -0.1) is 0 Å². The first-order valence-corrected chi connectivity index (χ1v) is 11.6. The molecule has 2 bridgehead atoms. The third-order valence-corrected chi connectivity index (χ3v) is 6.53. The second-order valence-corrected chi connectivity index (χ2v) is 9.19. The Morgan fingerprint density at radius 1 is 1.12 bits per heavy atom. The summed E-state index contributed by atoms with van der Waals surface area (Å²) < 4.78 is 40.1. The molecule has 10 heteroatoms. The number of nitrogens with zero attached hydrogens (tertiary/aromatic N) is 5. The smallest absolute Gasteiger partial charge is 0.356 e. The molecule has 2 aromatic rings. The number of hydrogen-bond donors (Lipinski definition) is 1. The molecule has 2 amide bonds. The maximum atomic E-state index is 13.4. The third-order valence-electron chi connectivity index (χ3n) is 6.53. The minimum absolute atomic E-state index is 0.125. The molecule has 0 saturated carbocycles. The van der Waals surface area contributed by atoms with E-state index in [9.17, 15) is 18.0 Å². The molecule has 180 valence electrons. The fourth-order valence-electron chi connectivity index (χ4n) is 4.98. The molecule has 3 aliphatic rings. The average Bonchev–Trinajstić information content (AvgIpc) is 2.78. The van der Waals surface area contributed by atoms with Gasteiger partial charge in [-0.2, -0.15) is 13.2 Å². The van der Waals surface area contributed by atoms with E-state index in [1.165, 1.54) is 0 Å². The Balaban J connectivity index is 1.48. The van der Waals surface area contributed by atoms with Crippen molar-refractivity contribution >= 4 is 29.2 Å².